The Hall–Kier alpha value is -3.20. The van der Waals surface area contributed by atoms with Crippen molar-refractivity contribution in [3.63, 3.8) is 0 Å². The highest BCUT2D eigenvalue weighted by Gasteiger charge is 2.36. The number of hydrogen-bond acceptors (Lipinski definition) is 4. The van der Waals surface area contributed by atoms with E-state index in [1.807, 2.05) is 0 Å². The molecule has 0 spiro atoms. The molecule has 0 saturated heterocycles. The molecule has 0 fully saturated rings. The quantitative estimate of drug-likeness (QED) is 0.693. The average Bonchev–Trinajstić information content (AvgIpc) is 3.07. The Bertz CT molecular complexity index is 1340. The van der Waals surface area contributed by atoms with Crippen LogP contribution in [0.3, 0.4) is 0 Å². The molecule has 0 unspecified atom stereocenters. The lowest BCUT2D eigenvalue weighted by Gasteiger charge is -2.24. The number of halogens is 1. The van der Waals surface area contributed by atoms with Crippen LogP contribution in [0.1, 0.15) is 37.5 Å². The van der Waals surface area contributed by atoms with Gasteiger partial charge in [-0.25, -0.2) is 13.8 Å². The first-order chi connectivity index (χ1) is 14.0. The summed E-state index contributed by atoms with van der Waals surface area (Å²) < 4.78 is 44.7. The van der Waals surface area contributed by atoms with E-state index in [1.165, 1.54) is 27.6 Å². The Morgan fingerprint density at radius 1 is 1.07 bits per heavy atom. The molecule has 0 saturated carbocycles. The minimum Gasteiger partial charge on any atom is -0.493 e. The van der Waals surface area contributed by atoms with Crippen molar-refractivity contribution >= 4 is 15.7 Å². The Morgan fingerprint density at radius 3 is 2.33 bits per heavy atom. The van der Waals surface area contributed by atoms with Gasteiger partial charge in [-0.1, -0.05) is 30.3 Å². The number of nitrogens with zero attached hydrogens (tertiary/aromatic N) is 3. The lowest BCUT2D eigenvalue weighted by molar-refractivity contribution is 0.269. The maximum Gasteiger partial charge on any atom is 0.283 e. The number of rotatable bonds is 3. The molecule has 0 radical (unpaired) electrons. The number of aromatic nitrogens is 2. The molecular weight excluding hydrogens is 409 g/mol. The summed E-state index contributed by atoms with van der Waals surface area (Å²) >= 11 is 0. The summed E-state index contributed by atoms with van der Waals surface area (Å²) in [4.78, 5) is 13.3. The van der Waals surface area contributed by atoms with Crippen LogP contribution in [-0.2, 0) is 22.1 Å². The van der Waals surface area contributed by atoms with Crippen LogP contribution in [0.15, 0.2) is 62.6 Å². The molecule has 4 rings (SSSR count). The van der Waals surface area contributed by atoms with Crippen LogP contribution in [0.2, 0.25) is 0 Å². The van der Waals surface area contributed by atoms with Crippen molar-refractivity contribution in [1.82, 2.24) is 9.36 Å². The van der Waals surface area contributed by atoms with Crippen molar-refractivity contribution in [3.8, 4) is 5.88 Å². The highest BCUT2D eigenvalue weighted by atomic mass is 32.2. The molecule has 1 N–H and O–H groups in total. The zero-order chi connectivity index (χ0) is 21.8. The van der Waals surface area contributed by atoms with Crippen molar-refractivity contribution in [2.45, 2.75) is 37.8 Å². The molecule has 0 bridgehead atoms. The van der Waals surface area contributed by atoms with E-state index < -0.39 is 32.8 Å². The molecule has 0 atom stereocenters. The van der Waals surface area contributed by atoms with Gasteiger partial charge in [-0.05, 0) is 44.5 Å². The van der Waals surface area contributed by atoms with Crippen molar-refractivity contribution in [2.75, 3.05) is 0 Å². The second-order valence-corrected chi connectivity index (χ2v) is 9.65. The van der Waals surface area contributed by atoms with Gasteiger partial charge in [0.25, 0.3) is 15.6 Å². The maximum absolute atomic E-state index is 13.4. The number of benzene rings is 2. The molecule has 1 aromatic heterocycles. The zero-order valence-electron chi connectivity index (χ0n) is 16.6. The Balaban J connectivity index is 1.96. The van der Waals surface area contributed by atoms with Crippen LogP contribution in [0.25, 0.3) is 0 Å². The van der Waals surface area contributed by atoms with Crippen molar-refractivity contribution in [2.24, 2.45) is 4.40 Å². The fraction of sp³-hybridized carbons (Fsp3) is 0.238. The number of aromatic hydroxyl groups is 1. The fourth-order valence-corrected chi connectivity index (χ4v) is 4.82. The predicted octanol–water partition coefficient (Wildman–Crippen LogP) is 2.84. The molecular formula is C21H20FN3O4S. The van der Waals surface area contributed by atoms with Crippen LogP contribution in [-0.4, -0.2) is 28.6 Å². The normalized spacial score (nSPS) is 15.1. The average molecular weight is 429 g/mol. The summed E-state index contributed by atoms with van der Waals surface area (Å²) in [5, 5.41) is 11.0. The summed E-state index contributed by atoms with van der Waals surface area (Å²) in [5.41, 5.74) is -0.625. The molecule has 156 valence electrons. The molecule has 9 heteroatoms. The van der Waals surface area contributed by atoms with Crippen LogP contribution in [0.5, 0.6) is 5.88 Å². The molecule has 0 aliphatic carbocycles. The van der Waals surface area contributed by atoms with Gasteiger partial charge in [-0.3, -0.25) is 4.79 Å². The first-order valence-electron chi connectivity index (χ1n) is 9.25. The summed E-state index contributed by atoms with van der Waals surface area (Å²) in [6, 6.07) is 11.9. The first kappa shape index (κ1) is 20.1. The van der Waals surface area contributed by atoms with E-state index in [-0.39, 0.29) is 28.3 Å². The standard InChI is InChI=1S/C21H20FN3O4S/c1-21(2,3)25-20(27)17(18-15-6-4-5-7-16(15)30(28,29)23-18)19(26)24(25)12-13-8-10-14(22)11-9-13/h4-11,26H,12H2,1-3H3. The zero-order valence-corrected chi connectivity index (χ0v) is 17.4. The van der Waals surface area contributed by atoms with Gasteiger partial charge in [0.2, 0.25) is 5.88 Å². The third-order valence-corrected chi connectivity index (χ3v) is 6.20. The van der Waals surface area contributed by atoms with Crippen LogP contribution >= 0.6 is 0 Å². The van der Waals surface area contributed by atoms with Crippen LogP contribution in [0.4, 0.5) is 4.39 Å². The van der Waals surface area contributed by atoms with E-state index in [9.17, 15) is 22.7 Å². The van der Waals surface area contributed by atoms with Gasteiger partial charge >= 0.3 is 0 Å². The minimum atomic E-state index is -3.96. The predicted molar refractivity (Wildman–Crippen MR) is 110 cm³/mol. The minimum absolute atomic E-state index is 0.00704. The van der Waals surface area contributed by atoms with E-state index in [0.29, 0.717) is 5.56 Å². The van der Waals surface area contributed by atoms with E-state index in [4.69, 9.17) is 0 Å². The monoisotopic (exact) mass is 429 g/mol. The van der Waals surface area contributed by atoms with Crippen molar-refractivity contribution in [1.29, 1.82) is 0 Å². The van der Waals surface area contributed by atoms with E-state index in [1.54, 1.807) is 51.1 Å². The van der Waals surface area contributed by atoms with E-state index >= 15 is 0 Å². The van der Waals surface area contributed by atoms with E-state index in [0.717, 1.165) is 0 Å². The number of sulfonamides is 1. The SMILES string of the molecule is CC(C)(C)n1c(=O)c(C2=NS(=O)(=O)c3ccccc32)c(O)n1Cc1ccc(F)cc1. The van der Waals surface area contributed by atoms with Crippen LogP contribution in [0, 0.1) is 5.82 Å². The number of hydrogen-bond donors (Lipinski definition) is 1. The second kappa shape index (κ2) is 6.66. The smallest absolute Gasteiger partial charge is 0.283 e. The van der Waals surface area contributed by atoms with Gasteiger partial charge < -0.3 is 5.11 Å². The van der Waals surface area contributed by atoms with Gasteiger partial charge in [0.05, 0.1) is 17.0 Å². The maximum atomic E-state index is 13.4. The summed E-state index contributed by atoms with van der Waals surface area (Å²) in [7, 11) is -3.96. The molecule has 3 aromatic rings. The van der Waals surface area contributed by atoms with Crippen LogP contribution < -0.4 is 5.56 Å². The van der Waals surface area contributed by atoms with Gasteiger partial charge in [0, 0.05) is 5.56 Å². The first-order valence-corrected chi connectivity index (χ1v) is 10.7. The van der Waals surface area contributed by atoms with Gasteiger partial charge in [0.1, 0.15) is 17.1 Å². The molecule has 1 aliphatic heterocycles. The molecule has 2 aromatic carbocycles. The lowest BCUT2D eigenvalue weighted by Crippen LogP contribution is -2.37. The highest BCUT2D eigenvalue weighted by Crippen LogP contribution is 2.32. The molecule has 0 amide bonds. The summed E-state index contributed by atoms with van der Waals surface area (Å²) in [6.45, 7) is 5.46. The number of fused-ring (bicyclic) bond motifs is 1. The van der Waals surface area contributed by atoms with Gasteiger partial charge in [-0.2, -0.15) is 12.8 Å². The molecule has 1 aliphatic rings. The summed E-state index contributed by atoms with van der Waals surface area (Å²) in [5.74, 6) is -0.795. The lowest BCUT2D eigenvalue weighted by atomic mass is 10.0. The fourth-order valence-electron chi connectivity index (χ4n) is 3.60. The Kier molecular flexibility index (Phi) is 4.46. The molecule has 2 heterocycles. The van der Waals surface area contributed by atoms with Crippen molar-refractivity contribution < 1.29 is 17.9 Å². The molecule has 7 nitrogen and oxygen atoms in total. The Morgan fingerprint density at radius 2 is 1.70 bits per heavy atom. The van der Waals surface area contributed by atoms with Crippen molar-refractivity contribution in [3.05, 3.63) is 81.4 Å². The summed E-state index contributed by atoms with van der Waals surface area (Å²) in [6.07, 6.45) is 0. The van der Waals surface area contributed by atoms with E-state index in [2.05, 4.69) is 4.40 Å². The Labute approximate surface area is 172 Å². The third-order valence-electron chi connectivity index (χ3n) is 4.87. The second-order valence-electron chi connectivity index (χ2n) is 8.08. The van der Waals surface area contributed by atoms with Gasteiger partial charge in [-0.15, -0.1) is 0 Å². The third kappa shape index (κ3) is 3.15. The van der Waals surface area contributed by atoms with Gasteiger partial charge in [0.15, 0.2) is 0 Å². The molecule has 30 heavy (non-hydrogen) atoms. The largest absolute Gasteiger partial charge is 0.493 e. The topological polar surface area (TPSA) is 93.7 Å². The highest BCUT2D eigenvalue weighted by molar-refractivity contribution is 7.90.